The van der Waals surface area contributed by atoms with Crippen molar-refractivity contribution >= 4 is 29.1 Å². The van der Waals surface area contributed by atoms with Crippen molar-refractivity contribution in [2.75, 3.05) is 16.8 Å². The minimum atomic E-state index is -0.613. The maximum Gasteiger partial charge on any atom is 0.302 e. The second-order valence-electron chi connectivity index (χ2n) is 11.9. The molecule has 3 aromatic rings. The molecule has 0 saturated carbocycles. The number of hydrogen-bond acceptors (Lipinski definition) is 8. The summed E-state index contributed by atoms with van der Waals surface area (Å²) in [7, 11) is 1.64. The fraction of sp³-hybridized carbons (Fsp3) is 0.433. The first-order valence-corrected chi connectivity index (χ1v) is 13.8. The average molecular weight is 560 g/mol. The number of carbonyl (C=O) groups excluding carboxylic acids is 2. The zero-order valence-electron chi connectivity index (χ0n) is 24.2. The van der Waals surface area contributed by atoms with E-state index < -0.39 is 12.1 Å². The van der Waals surface area contributed by atoms with Gasteiger partial charge in [0.1, 0.15) is 23.8 Å². The highest BCUT2D eigenvalue weighted by Crippen LogP contribution is 2.40. The average Bonchev–Trinajstić information content (AvgIpc) is 3.37. The maximum atomic E-state index is 13.9. The molecule has 0 spiro atoms. The molecule has 11 nitrogen and oxygen atoms in total. The molecule has 1 aliphatic heterocycles. The number of anilines is 2. The number of rotatable bonds is 8. The van der Waals surface area contributed by atoms with Gasteiger partial charge in [-0.25, -0.2) is 4.98 Å². The van der Waals surface area contributed by atoms with Crippen LogP contribution in [0.15, 0.2) is 35.4 Å². The fourth-order valence-corrected chi connectivity index (χ4v) is 5.96. The molecule has 5 rings (SSSR count). The van der Waals surface area contributed by atoms with Crippen molar-refractivity contribution in [3.05, 3.63) is 63.5 Å². The first-order chi connectivity index (χ1) is 19.3. The van der Waals surface area contributed by atoms with Crippen molar-refractivity contribution in [3.8, 4) is 11.1 Å². The Labute approximate surface area is 238 Å². The summed E-state index contributed by atoms with van der Waals surface area (Å²) >= 11 is 0. The normalized spacial score (nSPS) is 16.2. The van der Waals surface area contributed by atoms with Crippen LogP contribution in [0.25, 0.3) is 11.1 Å². The molecule has 2 aliphatic rings. The Bertz CT molecular complexity index is 1620. The highest BCUT2D eigenvalue weighted by molar-refractivity contribution is 6.06. The molecule has 1 aliphatic carbocycles. The van der Waals surface area contributed by atoms with Gasteiger partial charge in [-0.3, -0.25) is 19.3 Å². The van der Waals surface area contributed by atoms with Crippen LogP contribution >= 0.6 is 0 Å². The predicted molar refractivity (Wildman–Crippen MR) is 157 cm³/mol. The second kappa shape index (κ2) is 10.6. The Balaban J connectivity index is 1.56. The molecule has 216 valence electrons. The predicted octanol–water partition coefficient (Wildman–Crippen LogP) is 3.22. The van der Waals surface area contributed by atoms with Crippen LogP contribution in [0.2, 0.25) is 0 Å². The van der Waals surface area contributed by atoms with Crippen molar-refractivity contribution in [3.63, 3.8) is 0 Å². The standard InChI is InChI=1S/C30H37N7O4/c1-17(31)10-26(32)34-23-11-20(15-35(5)28(23)39)21-6-7-33-27(22(21)16-41-18(2)38)37-9-8-36-24(29(37)40)12-19-13-30(3,4)14-25(19)36/h6-7,11-12,15,26,31,34H,8-10,13-14,16,32H2,1-5H3. The Hall–Kier alpha value is -4.25. The number of nitrogens with one attached hydrogen (secondary N) is 2. The third-order valence-electron chi connectivity index (χ3n) is 7.69. The van der Waals surface area contributed by atoms with E-state index in [2.05, 4.69) is 28.7 Å². The van der Waals surface area contributed by atoms with Crippen LogP contribution in [-0.2, 0) is 42.6 Å². The van der Waals surface area contributed by atoms with Crippen molar-refractivity contribution in [2.24, 2.45) is 18.2 Å². The van der Waals surface area contributed by atoms with Gasteiger partial charge in [0.2, 0.25) is 0 Å². The van der Waals surface area contributed by atoms with E-state index in [1.54, 1.807) is 43.4 Å². The van der Waals surface area contributed by atoms with Crippen molar-refractivity contribution in [2.45, 2.75) is 66.3 Å². The number of esters is 1. The molecule has 3 aromatic heterocycles. The van der Waals surface area contributed by atoms with Crippen LogP contribution in [0.3, 0.4) is 0 Å². The Morgan fingerprint density at radius 3 is 2.68 bits per heavy atom. The van der Waals surface area contributed by atoms with Gasteiger partial charge < -0.3 is 30.3 Å². The second-order valence-corrected chi connectivity index (χ2v) is 11.9. The monoisotopic (exact) mass is 559 g/mol. The summed E-state index contributed by atoms with van der Waals surface area (Å²) < 4.78 is 9.03. The number of amides is 1. The molecular formula is C30H37N7O4. The quantitative estimate of drug-likeness (QED) is 0.218. The Kier molecular flexibility index (Phi) is 7.33. The lowest BCUT2D eigenvalue weighted by Crippen LogP contribution is -2.41. The number of nitrogens with zero attached hydrogens (tertiary/aromatic N) is 4. The number of hydrogen-bond donors (Lipinski definition) is 3. The molecule has 4 N–H and O–H groups in total. The molecule has 0 radical (unpaired) electrons. The van der Waals surface area contributed by atoms with Gasteiger partial charge in [-0.2, -0.15) is 0 Å². The molecule has 1 amide bonds. The van der Waals surface area contributed by atoms with Gasteiger partial charge in [0.25, 0.3) is 11.5 Å². The first-order valence-electron chi connectivity index (χ1n) is 13.8. The van der Waals surface area contributed by atoms with E-state index in [4.69, 9.17) is 15.9 Å². The highest BCUT2D eigenvalue weighted by Gasteiger charge is 2.37. The minimum Gasteiger partial charge on any atom is -0.461 e. The van der Waals surface area contributed by atoms with Gasteiger partial charge in [0.05, 0.1) is 6.17 Å². The van der Waals surface area contributed by atoms with Gasteiger partial charge in [0, 0.05) is 68.4 Å². The first kappa shape index (κ1) is 28.3. The van der Waals surface area contributed by atoms with Crippen molar-refractivity contribution in [1.29, 1.82) is 5.41 Å². The molecule has 0 bridgehead atoms. The fourth-order valence-electron chi connectivity index (χ4n) is 5.96. The third-order valence-corrected chi connectivity index (χ3v) is 7.69. The Morgan fingerprint density at radius 1 is 1.22 bits per heavy atom. The van der Waals surface area contributed by atoms with Crippen molar-refractivity contribution in [1.82, 2.24) is 14.1 Å². The minimum absolute atomic E-state index is 0.0958. The van der Waals surface area contributed by atoms with Gasteiger partial charge >= 0.3 is 5.97 Å². The lowest BCUT2D eigenvalue weighted by atomic mass is 9.90. The summed E-state index contributed by atoms with van der Waals surface area (Å²) in [5.74, 6) is -0.186. The zero-order chi connectivity index (χ0) is 29.6. The number of aryl methyl sites for hydroxylation is 1. The molecule has 0 saturated heterocycles. The lowest BCUT2D eigenvalue weighted by molar-refractivity contribution is -0.142. The van der Waals surface area contributed by atoms with Gasteiger partial charge in [0.15, 0.2) is 0 Å². The van der Waals surface area contributed by atoms with Crippen LogP contribution in [0.5, 0.6) is 0 Å². The molecule has 41 heavy (non-hydrogen) atoms. The number of fused-ring (bicyclic) bond motifs is 3. The molecule has 0 fully saturated rings. The maximum absolute atomic E-state index is 13.9. The Morgan fingerprint density at radius 2 is 1.98 bits per heavy atom. The number of pyridine rings is 2. The number of ether oxygens (including phenoxy) is 1. The molecule has 1 atom stereocenters. The molecule has 4 heterocycles. The van der Waals surface area contributed by atoms with E-state index in [1.807, 2.05) is 6.07 Å². The SMILES string of the molecule is CC(=N)CC(N)Nc1cc(-c2ccnc(N3CCn4c(cc5c4CC(C)(C)C5)C3=O)c2COC(C)=O)cn(C)c1=O. The summed E-state index contributed by atoms with van der Waals surface area (Å²) in [4.78, 5) is 44.9. The van der Waals surface area contributed by atoms with Gasteiger partial charge in [-0.1, -0.05) is 13.8 Å². The number of carbonyl (C=O) groups is 2. The van der Waals surface area contributed by atoms with E-state index in [1.165, 1.54) is 22.7 Å². The van der Waals surface area contributed by atoms with E-state index in [0.29, 0.717) is 47.0 Å². The molecule has 1 unspecified atom stereocenters. The number of nitrogens with two attached hydrogens (primary N) is 1. The lowest BCUT2D eigenvalue weighted by Gasteiger charge is -2.31. The molecule has 0 aromatic carbocycles. The van der Waals surface area contributed by atoms with E-state index in [0.717, 1.165) is 12.8 Å². The zero-order valence-corrected chi connectivity index (χ0v) is 24.2. The summed E-state index contributed by atoms with van der Waals surface area (Å²) in [6.45, 7) is 8.45. The summed E-state index contributed by atoms with van der Waals surface area (Å²) in [6, 6.07) is 5.48. The number of aromatic nitrogens is 3. The van der Waals surface area contributed by atoms with E-state index in [9.17, 15) is 14.4 Å². The summed E-state index contributed by atoms with van der Waals surface area (Å²) in [6.07, 6.45) is 4.85. The van der Waals surface area contributed by atoms with Crippen LogP contribution in [0.1, 0.15) is 61.4 Å². The smallest absolute Gasteiger partial charge is 0.302 e. The van der Waals surface area contributed by atoms with Crippen molar-refractivity contribution < 1.29 is 14.3 Å². The van der Waals surface area contributed by atoms with Gasteiger partial charge in [-0.05, 0) is 54.5 Å². The molecular weight excluding hydrogens is 522 g/mol. The van der Waals surface area contributed by atoms with Gasteiger partial charge in [-0.15, -0.1) is 0 Å². The van der Waals surface area contributed by atoms with Crippen LogP contribution in [-0.4, -0.2) is 44.4 Å². The largest absolute Gasteiger partial charge is 0.461 e. The topological polar surface area (TPSA) is 148 Å². The highest BCUT2D eigenvalue weighted by atomic mass is 16.5. The molecule has 11 heteroatoms. The van der Waals surface area contributed by atoms with E-state index >= 15 is 0 Å². The summed E-state index contributed by atoms with van der Waals surface area (Å²) in [5.41, 5.74) is 11.7. The van der Waals surface area contributed by atoms with Crippen LogP contribution in [0.4, 0.5) is 11.5 Å². The summed E-state index contributed by atoms with van der Waals surface area (Å²) in [5, 5.41) is 10.7. The van der Waals surface area contributed by atoms with Crippen LogP contribution in [0, 0.1) is 10.8 Å². The van der Waals surface area contributed by atoms with Crippen LogP contribution < -0.4 is 21.5 Å². The van der Waals surface area contributed by atoms with E-state index in [-0.39, 0.29) is 35.6 Å². The third kappa shape index (κ3) is 5.54.